The van der Waals surface area contributed by atoms with Gasteiger partial charge in [-0.25, -0.2) is 0 Å². The van der Waals surface area contributed by atoms with Crippen LogP contribution in [-0.2, 0) is 4.79 Å². The quantitative estimate of drug-likeness (QED) is 0.647. The van der Waals surface area contributed by atoms with Crippen molar-refractivity contribution >= 4 is 17.4 Å². The third-order valence-corrected chi connectivity index (χ3v) is 3.02. The van der Waals surface area contributed by atoms with Crippen LogP contribution in [0.2, 0.25) is 0 Å². The van der Waals surface area contributed by atoms with Gasteiger partial charge in [-0.15, -0.1) is 0 Å². The molecule has 0 saturated carbocycles. The minimum atomic E-state index is -0.466. The van der Waals surface area contributed by atoms with Gasteiger partial charge in [0.2, 0.25) is 0 Å². The van der Waals surface area contributed by atoms with Crippen molar-refractivity contribution < 1.29 is 9.59 Å². The molecule has 1 amide bonds. The first-order chi connectivity index (χ1) is 9.00. The van der Waals surface area contributed by atoms with E-state index in [2.05, 4.69) is 11.9 Å². The number of ketones is 1. The molecule has 0 fully saturated rings. The van der Waals surface area contributed by atoms with Crippen LogP contribution in [0.4, 0.5) is 5.69 Å². The van der Waals surface area contributed by atoms with Gasteiger partial charge in [-0.1, -0.05) is 32.6 Å². The Balaban J connectivity index is 2.11. The zero-order valence-electron chi connectivity index (χ0n) is 11.3. The molecule has 0 radical (unpaired) electrons. The Hall–Kier alpha value is -1.94. The van der Waals surface area contributed by atoms with Crippen LogP contribution in [0.5, 0.6) is 0 Å². The fourth-order valence-corrected chi connectivity index (χ4v) is 2.03. The van der Waals surface area contributed by atoms with E-state index in [1.807, 2.05) is 19.9 Å². The van der Waals surface area contributed by atoms with Crippen molar-refractivity contribution in [2.75, 3.05) is 18.0 Å². The average Bonchev–Trinajstić information content (AvgIpc) is 2.62. The first-order valence-electron chi connectivity index (χ1n) is 6.36. The minimum Gasteiger partial charge on any atom is -0.311 e. The van der Waals surface area contributed by atoms with Crippen molar-refractivity contribution in [1.82, 2.24) is 5.32 Å². The van der Waals surface area contributed by atoms with Gasteiger partial charge in [-0.3, -0.25) is 9.59 Å². The van der Waals surface area contributed by atoms with Crippen molar-refractivity contribution in [2.45, 2.75) is 19.9 Å². The van der Waals surface area contributed by atoms with E-state index in [-0.39, 0.29) is 0 Å². The van der Waals surface area contributed by atoms with Crippen LogP contribution in [0.1, 0.15) is 24.2 Å². The average molecular weight is 258 g/mol. The maximum absolute atomic E-state index is 12.0. The molecule has 1 heterocycles. The van der Waals surface area contributed by atoms with Gasteiger partial charge in [0.15, 0.2) is 0 Å². The van der Waals surface area contributed by atoms with E-state index < -0.39 is 11.7 Å². The summed E-state index contributed by atoms with van der Waals surface area (Å²) in [6.07, 6.45) is 0. The van der Waals surface area contributed by atoms with E-state index in [0.717, 1.165) is 5.57 Å². The van der Waals surface area contributed by atoms with Gasteiger partial charge < -0.3 is 10.2 Å². The molecular weight excluding hydrogens is 240 g/mol. The Morgan fingerprint density at radius 2 is 2.00 bits per heavy atom. The van der Waals surface area contributed by atoms with Crippen molar-refractivity contribution in [2.24, 2.45) is 0 Å². The Kier molecular flexibility index (Phi) is 3.81. The zero-order chi connectivity index (χ0) is 14.0. The van der Waals surface area contributed by atoms with Crippen LogP contribution in [0.25, 0.3) is 0 Å². The number of nitrogens with one attached hydrogen (secondary N) is 1. The van der Waals surface area contributed by atoms with E-state index in [4.69, 9.17) is 0 Å². The lowest BCUT2D eigenvalue weighted by atomic mass is 10.1. The molecule has 0 atom stereocenters. The number of hydrogen-bond donors (Lipinski definition) is 1. The number of nitrogens with zero attached hydrogens (tertiary/aromatic N) is 1. The lowest BCUT2D eigenvalue weighted by Crippen LogP contribution is -2.34. The van der Waals surface area contributed by atoms with E-state index in [0.29, 0.717) is 30.4 Å². The Morgan fingerprint density at radius 3 is 2.68 bits per heavy atom. The van der Waals surface area contributed by atoms with Gasteiger partial charge in [-0.05, 0) is 17.7 Å². The van der Waals surface area contributed by atoms with Gasteiger partial charge in [0.1, 0.15) is 0 Å². The van der Waals surface area contributed by atoms with Crippen LogP contribution in [0.15, 0.2) is 36.4 Å². The molecule has 1 aromatic carbocycles. The summed E-state index contributed by atoms with van der Waals surface area (Å²) in [4.78, 5) is 25.3. The highest BCUT2D eigenvalue weighted by Gasteiger charge is 2.35. The third kappa shape index (κ3) is 2.74. The number of Topliss-reactive ketones (excluding diaryl/α,β-unsaturated/α-hetero) is 1. The highest BCUT2D eigenvalue weighted by molar-refractivity contribution is 6.52. The fourth-order valence-electron chi connectivity index (χ4n) is 2.03. The largest absolute Gasteiger partial charge is 0.311 e. The van der Waals surface area contributed by atoms with E-state index in [1.54, 1.807) is 18.2 Å². The summed E-state index contributed by atoms with van der Waals surface area (Å²) >= 11 is 0. The Morgan fingerprint density at radius 1 is 1.32 bits per heavy atom. The van der Waals surface area contributed by atoms with Crippen molar-refractivity contribution in [3.8, 4) is 0 Å². The van der Waals surface area contributed by atoms with Crippen molar-refractivity contribution in [3.63, 3.8) is 0 Å². The predicted octanol–water partition coefficient (Wildman–Crippen LogP) is 1.77. The molecular formula is C15H18N2O2. The van der Waals surface area contributed by atoms with Crippen LogP contribution < -0.4 is 10.2 Å². The first-order valence-corrected chi connectivity index (χ1v) is 6.36. The second-order valence-electron chi connectivity index (χ2n) is 5.02. The summed E-state index contributed by atoms with van der Waals surface area (Å²) in [6.45, 7) is 9.07. The second kappa shape index (κ2) is 5.36. The molecule has 1 aromatic rings. The summed E-state index contributed by atoms with van der Waals surface area (Å²) in [5, 5.41) is 3.25. The summed E-state index contributed by atoms with van der Waals surface area (Å²) in [7, 11) is 0. The molecule has 0 unspecified atom stereocenters. The first kappa shape index (κ1) is 13.5. The summed E-state index contributed by atoms with van der Waals surface area (Å²) in [6, 6.07) is 7.43. The van der Waals surface area contributed by atoms with Gasteiger partial charge >= 0.3 is 0 Å². The predicted molar refractivity (Wildman–Crippen MR) is 75.4 cm³/mol. The van der Waals surface area contributed by atoms with Crippen LogP contribution in [0, 0.1) is 0 Å². The number of amides is 1. The molecule has 2 rings (SSSR count). The Labute approximate surface area is 113 Å². The van der Waals surface area contributed by atoms with Gasteiger partial charge in [-0.2, -0.15) is 0 Å². The van der Waals surface area contributed by atoms with Gasteiger partial charge in [0.05, 0.1) is 11.3 Å². The van der Waals surface area contributed by atoms with Gasteiger partial charge in [0, 0.05) is 19.1 Å². The molecule has 19 heavy (non-hydrogen) atoms. The number of rotatable bonds is 5. The topological polar surface area (TPSA) is 49.4 Å². The lowest BCUT2D eigenvalue weighted by molar-refractivity contribution is -0.114. The summed E-state index contributed by atoms with van der Waals surface area (Å²) in [5.74, 6) is -0.896. The molecule has 4 heteroatoms. The molecule has 100 valence electrons. The maximum atomic E-state index is 12.0. The highest BCUT2D eigenvalue weighted by atomic mass is 16.2. The minimum absolute atomic E-state index is 0.361. The molecule has 1 N–H and O–H groups in total. The van der Waals surface area contributed by atoms with Crippen LogP contribution >= 0.6 is 0 Å². The molecule has 0 aliphatic carbocycles. The summed E-state index contributed by atoms with van der Waals surface area (Å²) in [5.41, 5.74) is 2.05. The fraction of sp³-hybridized carbons (Fsp3) is 0.333. The number of hydrogen-bond acceptors (Lipinski definition) is 3. The standard InChI is InChI=1S/C15H18N2O2/c1-10(2)16-8-11(3)9-17-13-7-5-4-6-12(13)14(18)15(17)19/h4-7,10,16H,3,8-9H2,1-2H3. The summed E-state index contributed by atoms with van der Waals surface area (Å²) < 4.78 is 0. The number of carbonyl (C=O) groups excluding carboxylic acids is 2. The van der Waals surface area contributed by atoms with E-state index in [9.17, 15) is 9.59 Å². The van der Waals surface area contributed by atoms with Crippen LogP contribution in [-0.4, -0.2) is 30.8 Å². The number of para-hydroxylation sites is 1. The molecule has 0 bridgehead atoms. The number of carbonyl (C=O) groups is 2. The molecule has 1 aliphatic rings. The molecule has 4 nitrogen and oxygen atoms in total. The maximum Gasteiger partial charge on any atom is 0.299 e. The van der Waals surface area contributed by atoms with Crippen molar-refractivity contribution in [1.29, 1.82) is 0 Å². The van der Waals surface area contributed by atoms with Crippen molar-refractivity contribution in [3.05, 3.63) is 42.0 Å². The second-order valence-corrected chi connectivity index (χ2v) is 5.02. The van der Waals surface area contributed by atoms with Gasteiger partial charge in [0.25, 0.3) is 11.7 Å². The molecule has 0 spiro atoms. The monoisotopic (exact) mass is 258 g/mol. The number of benzene rings is 1. The molecule has 0 saturated heterocycles. The normalized spacial score (nSPS) is 14.2. The molecule has 1 aliphatic heterocycles. The van der Waals surface area contributed by atoms with E-state index >= 15 is 0 Å². The third-order valence-electron chi connectivity index (χ3n) is 3.02. The lowest BCUT2D eigenvalue weighted by Gasteiger charge is -2.19. The Bertz CT molecular complexity index is 535. The number of fused-ring (bicyclic) bond motifs is 1. The van der Waals surface area contributed by atoms with E-state index in [1.165, 1.54) is 4.90 Å². The highest BCUT2D eigenvalue weighted by Crippen LogP contribution is 2.28. The molecule has 0 aromatic heterocycles. The number of anilines is 1. The smallest absolute Gasteiger partial charge is 0.299 e. The SMILES string of the molecule is C=C(CNC(C)C)CN1C(=O)C(=O)c2ccccc21. The zero-order valence-corrected chi connectivity index (χ0v) is 11.3. The van der Waals surface area contributed by atoms with Crippen LogP contribution in [0.3, 0.4) is 0 Å².